The van der Waals surface area contributed by atoms with Crippen LogP contribution in [0.3, 0.4) is 0 Å². The highest BCUT2D eigenvalue weighted by Crippen LogP contribution is 2.21. The Morgan fingerprint density at radius 3 is 2.53 bits per heavy atom. The van der Waals surface area contributed by atoms with Crippen LogP contribution in [0.15, 0.2) is 0 Å². The molecule has 1 aliphatic rings. The fraction of sp³-hybridized carbons (Fsp3) is 1.00. The molecular formula is C12H26N2S. The molecule has 0 aliphatic carbocycles. The minimum absolute atomic E-state index is 0.642. The second-order valence-corrected chi connectivity index (χ2v) is 6.18. The van der Waals surface area contributed by atoms with Gasteiger partial charge in [0.15, 0.2) is 0 Å². The van der Waals surface area contributed by atoms with E-state index in [2.05, 4.69) is 30.9 Å². The van der Waals surface area contributed by atoms with Gasteiger partial charge in [-0.1, -0.05) is 13.8 Å². The van der Waals surface area contributed by atoms with Crippen LogP contribution in [0.2, 0.25) is 0 Å². The zero-order valence-electron chi connectivity index (χ0n) is 10.2. The summed E-state index contributed by atoms with van der Waals surface area (Å²) in [5.41, 5.74) is 5.75. The lowest BCUT2D eigenvalue weighted by Crippen LogP contribution is -2.35. The quantitative estimate of drug-likeness (QED) is 0.732. The summed E-state index contributed by atoms with van der Waals surface area (Å²) in [6, 6.07) is 0. The topological polar surface area (TPSA) is 38.0 Å². The fourth-order valence-corrected chi connectivity index (χ4v) is 3.22. The van der Waals surface area contributed by atoms with Crippen molar-refractivity contribution in [3.63, 3.8) is 0 Å². The summed E-state index contributed by atoms with van der Waals surface area (Å²) >= 11 is 2.10. The van der Waals surface area contributed by atoms with Gasteiger partial charge in [-0.05, 0) is 61.7 Å². The third-order valence-electron chi connectivity index (χ3n) is 3.43. The van der Waals surface area contributed by atoms with E-state index in [4.69, 9.17) is 5.73 Å². The van der Waals surface area contributed by atoms with Gasteiger partial charge in [-0.3, -0.25) is 0 Å². The SMILES string of the molecule is CC(C)C(CN)CNCC1CCSCC1. The van der Waals surface area contributed by atoms with Crippen molar-refractivity contribution in [2.45, 2.75) is 26.7 Å². The van der Waals surface area contributed by atoms with Crippen LogP contribution in [0.25, 0.3) is 0 Å². The first-order chi connectivity index (χ1) is 7.24. The fourth-order valence-electron chi connectivity index (χ4n) is 2.01. The van der Waals surface area contributed by atoms with Gasteiger partial charge in [0.25, 0.3) is 0 Å². The molecule has 0 bridgehead atoms. The number of thioether (sulfide) groups is 1. The lowest BCUT2D eigenvalue weighted by atomic mass is 9.95. The van der Waals surface area contributed by atoms with Gasteiger partial charge in [0.1, 0.15) is 0 Å². The van der Waals surface area contributed by atoms with Crippen LogP contribution in [-0.4, -0.2) is 31.1 Å². The maximum Gasteiger partial charge on any atom is -0.000589 e. The van der Waals surface area contributed by atoms with Crippen LogP contribution in [0.1, 0.15) is 26.7 Å². The van der Waals surface area contributed by atoms with E-state index < -0.39 is 0 Å². The minimum atomic E-state index is 0.642. The molecule has 1 atom stereocenters. The number of hydrogen-bond donors (Lipinski definition) is 2. The number of rotatable bonds is 6. The van der Waals surface area contributed by atoms with Gasteiger partial charge < -0.3 is 11.1 Å². The molecule has 3 N–H and O–H groups in total. The Labute approximate surface area is 98.8 Å². The monoisotopic (exact) mass is 230 g/mol. The Morgan fingerprint density at radius 1 is 1.33 bits per heavy atom. The molecule has 0 spiro atoms. The molecule has 1 saturated heterocycles. The third-order valence-corrected chi connectivity index (χ3v) is 4.47. The zero-order valence-corrected chi connectivity index (χ0v) is 11.0. The molecule has 1 rings (SSSR count). The van der Waals surface area contributed by atoms with E-state index in [9.17, 15) is 0 Å². The smallest absolute Gasteiger partial charge is 0.000589 e. The van der Waals surface area contributed by atoms with Crippen LogP contribution in [0.4, 0.5) is 0 Å². The lowest BCUT2D eigenvalue weighted by molar-refractivity contribution is 0.350. The van der Waals surface area contributed by atoms with E-state index in [1.807, 2.05) is 0 Å². The van der Waals surface area contributed by atoms with Crippen LogP contribution in [-0.2, 0) is 0 Å². The molecular weight excluding hydrogens is 204 g/mol. The van der Waals surface area contributed by atoms with E-state index in [0.29, 0.717) is 11.8 Å². The van der Waals surface area contributed by atoms with Gasteiger partial charge in [-0.15, -0.1) is 0 Å². The molecule has 0 radical (unpaired) electrons. The number of nitrogens with two attached hydrogens (primary N) is 1. The summed E-state index contributed by atoms with van der Waals surface area (Å²) in [6.45, 7) is 7.62. The van der Waals surface area contributed by atoms with E-state index in [-0.39, 0.29) is 0 Å². The van der Waals surface area contributed by atoms with Gasteiger partial charge >= 0.3 is 0 Å². The molecule has 1 fully saturated rings. The van der Waals surface area contributed by atoms with Crippen LogP contribution < -0.4 is 11.1 Å². The first-order valence-corrected chi connectivity index (χ1v) is 7.38. The predicted molar refractivity (Wildman–Crippen MR) is 70.3 cm³/mol. The molecule has 1 unspecified atom stereocenters. The Kier molecular flexibility index (Phi) is 6.69. The summed E-state index contributed by atoms with van der Waals surface area (Å²) in [5, 5.41) is 3.60. The molecule has 0 aromatic carbocycles. The molecule has 0 aromatic heterocycles. The Hall–Kier alpha value is 0.270. The highest BCUT2D eigenvalue weighted by molar-refractivity contribution is 7.99. The molecule has 1 heterocycles. The summed E-state index contributed by atoms with van der Waals surface area (Å²) in [6.07, 6.45) is 2.79. The van der Waals surface area contributed by atoms with Gasteiger partial charge in [0.2, 0.25) is 0 Å². The van der Waals surface area contributed by atoms with E-state index in [1.54, 1.807) is 0 Å². The summed E-state index contributed by atoms with van der Waals surface area (Å²) in [5.74, 6) is 4.97. The minimum Gasteiger partial charge on any atom is -0.330 e. The molecule has 1 aliphatic heterocycles. The maximum absolute atomic E-state index is 5.75. The van der Waals surface area contributed by atoms with Crippen molar-refractivity contribution in [2.75, 3.05) is 31.1 Å². The second kappa shape index (κ2) is 7.53. The summed E-state index contributed by atoms with van der Waals surface area (Å²) < 4.78 is 0. The molecule has 15 heavy (non-hydrogen) atoms. The second-order valence-electron chi connectivity index (χ2n) is 4.95. The van der Waals surface area contributed by atoms with E-state index in [1.165, 1.54) is 30.9 Å². The summed E-state index contributed by atoms with van der Waals surface area (Å²) in [4.78, 5) is 0. The normalized spacial score (nSPS) is 20.8. The largest absolute Gasteiger partial charge is 0.330 e. The molecule has 2 nitrogen and oxygen atoms in total. The number of nitrogens with one attached hydrogen (secondary N) is 1. The predicted octanol–water partition coefficient (Wildman–Crippen LogP) is 1.95. The average Bonchev–Trinajstić information content (AvgIpc) is 2.25. The highest BCUT2D eigenvalue weighted by atomic mass is 32.2. The van der Waals surface area contributed by atoms with Gasteiger partial charge in [-0.25, -0.2) is 0 Å². The van der Waals surface area contributed by atoms with Crippen molar-refractivity contribution < 1.29 is 0 Å². The van der Waals surface area contributed by atoms with Crippen molar-refractivity contribution in [3.05, 3.63) is 0 Å². The highest BCUT2D eigenvalue weighted by Gasteiger charge is 2.15. The Morgan fingerprint density at radius 2 is 2.00 bits per heavy atom. The van der Waals surface area contributed by atoms with E-state index in [0.717, 1.165) is 19.0 Å². The summed E-state index contributed by atoms with van der Waals surface area (Å²) in [7, 11) is 0. The maximum atomic E-state index is 5.75. The van der Waals surface area contributed by atoms with Crippen molar-refractivity contribution in [1.29, 1.82) is 0 Å². The van der Waals surface area contributed by atoms with Crippen molar-refractivity contribution >= 4 is 11.8 Å². The van der Waals surface area contributed by atoms with Gasteiger partial charge in [0, 0.05) is 0 Å². The van der Waals surface area contributed by atoms with Crippen molar-refractivity contribution in [3.8, 4) is 0 Å². The molecule has 90 valence electrons. The van der Waals surface area contributed by atoms with Gasteiger partial charge in [0.05, 0.1) is 0 Å². The number of hydrogen-bond acceptors (Lipinski definition) is 3. The standard InChI is InChI=1S/C12H26N2S/c1-10(2)12(7-13)9-14-8-11-3-5-15-6-4-11/h10-12,14H,3-9,13H2,1-2H3. The van der Waals surface area contributed by atoms with Crippen molar-refractivity contribution in [2.24, 2.45) is 23.5 Å². The Balaban J connectivity index is 2.08. The first kappa shape index (κ1) is 13.3. The average molecular weight is 230 g/mol. The van der Waals surface area contributed by atoms with Crippen molar-refractivity contribution in [1.82, 2.24) is 5.32 Å². The first-order valence-electron chi connectivity index (χ1n) is 6.22. The lowest BCUT2D eigenvalue weighted by Gasteiger charge is -2.24. The Bertz CT molecular complexity index is 156. The van der Waals surface area contributed by atoms with Crippen LogP contribution >= 0.6 is 11.8 Å². The van der Waals surface area contributed by atoms with Gasteiger partial charge in [-0.2, -0.15) is 11.8 Å². The van der Waals surface area contributed by atoms with Crippen LogP contribution in [0.5, 0.6) is 0 Å². The molecule has 0 amide bonds. The molecule has 0 saturated carbocycles. The van der Waals surface area contributed by atoms with Crippen LogP contribution in [0, 0.1) is 17.8 Å². The van der Waals surface area contributed by atoms with E-state index >= 15 is 0 Å². The molecule has 3 heteroatoms. The molecule has 0 aromatic rings. The zero-order chi connectivity index (χ0) is 11.1. The third kappa shape index (κ3) is 5.23.